The maximum absolute atomic E-state index is 5.29. The average Bonchev–Trinajstić information content (AvgIpc) is 2.51. The van der Waals surface area contributed by atoms with E-state index in [4.69, 9.17) is 9.47 Å². The van der Waals surface area contributed by atoms with Crippen LogP contribution in [0.5, 0.6) is 0 Å². The zero-order valence-electron chi connectivity index (χ0n) is 14.4. The Morgan fingerprint density at radius 3 is 2.64 bits per heavy atom. The fourth-order valence-electron chi connectivity index (χ4n) is 2.97. The van der Waals surface area contributed by atoms with Gasteiger partial charge < -0.3 is 25.0 Å². The molecule has 0 atom stereocenters. The number of guanidine groups is 1. The summed E-state index contributed by atoms with van der Waals surface area (Å²) in [4.78, 5) is 6.87. The third-order valence-corrected chi connectivity index (χ3v) is 4.56. The summed E-state index contributed by atoms with van der Waals surface area (Å²) in [6.45, 7) is 9.17. The lowest BCUT2D eigenvalue weighted by Crippen LogP contribution is -2.53. The fraction of sp³-hybridized carbons (Fsp3) is 0.938. The highest BCUT2D eigenvalue weighted by molar-refractivity contribution is 5.80. The van der Waals surface area contributed by atoms with Crippen LogP contribution in [0, 0.1) is 5.41 Å². The van der Waals surface area contributed by atoms with Gasteiger partial charge in [0.05, 0.1) is 13.2 Å². The van der Waals surface area contributed by atoms with Crippen LogP contribution in [0.4, 0.5) is 0 Å². The molecule has 2 rings (SSSR count). The lowest BCUT2D eigenvalue weighted by molar-refractivity contribution is -0.0971. The number of rotatable bonds is 7. The van der Waals surface area contributed by atoms with E-state index in [1.165, 1.54) is 12.8 Å². The first-order chi connectivity index (χ1) is 10.6. The molecule has 0 amide bonds. The van der Waals surface area contributed by atoms with Crippen LogP contribution in [0.25, 0.3) is 0 Å². The van der Waals surface area contributed by atoms with E-state index in [-0.39, 0.29) is 5.41 Å². The molecule has 2 saturated heterocycles. The number of piperidine rings is 1. The zero-order chi connectivity index (χ0) is 15.8. The van der Waals surface area contributed by atoms with Gasteiger partial charge in [0, 0.05) is 58.4 Å². The van der Waals surface area contributed by atoms with Gasteiger partial charge in [0.25, 0.3) is 0 Å². The van der Waals surface area contributed by atoms with E-state index in [0.717, 1.165) is 58.4 Å². The molecule has 0 spiro atoms. The topological polar surface area (TPSA) is 58.1 Å². The molecular weight excluding hydrogens is 280 g/mol. The van der Waals surface area contributed by atoms with Gasteiger partial charge in [-0.1, -0.05) is 6.92 Å². The molecule has 2 aliphatic rings. The van der Waals surface area contributed by atoms with Crippen LogP contribution in [-0.4, -0.2) is 77.1 Å². The van der Waals surface area contributed by atoms with Gasteiger partial charge in [-0.3, -0.25) is 4.99 Å². The van der Waals surface area contributed by atoms with Gasteiger partial charge >= 0.3 is 0 Å². The molecule has 2 aliphatic heterocycles. The monoisotopic (exact) mass is 312 g/mol. The molecule has 0 aromatic heterocycles. The van der Waals surface area contributed by atoms with Crippen LogP contribution >= 0.6 is 0 Å². The van der Waals surface area contributed by atoms with E-state index in [1.54, 1.807) is 7.11 Å². The van der Waals surface area contributed by atoms with Crippen molar-refractivity contribution >= 4 is 5.96 Å². The van der Waals surface area contributed by atoms with Crippen LogP contribution in [0.3, 0.4) is 0 Å². The summed E-state index contributed by atoms with van der Waals surface area (Å²) in [6.07, 6.45) is 3.47. The van der Waals surface area contributed by atoms with Crippen LogP contribution in [0.2, 0.25) is 0 Å². The van der Waals surface area contributed by atoms with Crippen molar-refractivity contribution < 1.29 is 9.47 Å². The SMILES string of the molecule is CN=C(NCC1(C)COC1)NC1CCN(CCCOC)CC1. The first-order valence-electron chi connectivity index (χ1n) is 8.41. The summed E-state index contributed by atoms with van der Waals surface area (Å²) in [7, 11) is 3.61. The van der Waals surface area contributed by atoms with Crippen molar-refractivity contribution in [1.82, 2.24) is 15.5 Å². The molecule has 0 radical (unpaired) electrons. The van der Waals surface area contributed by atoms with Crippen molar-refractivity contribution in [3.8, 4) is 0 Å². The molecule has 0 bridgehead atoms. The molecule has 0 saturated carbocycles. The third kappa shape index (κ3) is 5.41. The molecule has 0 unspecified atom stereocenters. The Morgan fingerprint density at radius 2 is 2.09 bits per heavy atom. The predicted octanol–water partition coefficient (Wildman–Crippen LogP) is 0.689. The molecule has 6 heteroatoms. The number of ether oxygens (including phenoxy) is 2. The number of methoxy groups -OCH3 is 1. The number of hydrogen-bond acceptors (Lipinski definition) is 4. The molecule has 0 aromatic carbocycles. The number of nitrogens with one attached hydrogen (secondary N) is 2. The Hall–Kier alpha value is -0.850. The minimum absolute atomic E-state index is 0.266. The second-order valence-corrected chi connectivity index (χ2v) is 6.84. The highest BCUT2D eigenvalue weighted by atomic mass is 16.5. The molecule has 2 N–H and O–H groups in total. The van der Waals surface area contributed by atoms with Crippen LogP contribution in [-0.2, 0) is 9.47 Å². The summed E-state index contributed by atoms with van der Waals surface area (Å²) in [5, 5.41) is 7.00. The van der Waals surface area contributed by atoms with E-state index in [1.807, 2.05) is 7.05 Å². The zero-order valence-corrected chi connectivity index (χ0v) is 14.4. The minimum Gasteiger partial charge on any atom is -0.385 e. The van der Waals surface area contributed by atoms with Crippen LogP contribution in [0.15, 0.2) is 4.99 Å². The van der Waals surface area contributed by atoms with Gasteiger partial charge in [0.1, 0.15) is 0 Å². The third-order valence-electron chi connectivity index (χ3n) is 4.56. The molecule has 0 aliphatic carbocycles. The maximum atomic E-state index is 5.29. The summed E-state index contributed by atoms with van der Waals surface area (Å²) >= 11 is 0. The lowest BCUT2D eigenvalue weighted by Gasteiger charge is -2.39. The number of likely N-dealkylation sites (tertiary alicyclic amines) is 1. The molecule has 0 aromatic rings. The minimum atomic E-state index is 0.266. The average molecular weight is 312 g/mol. The fourth-order valence-corrected chi connectivity index (χ4v) is 2.97. The van der Waals surface area contributed by atoms with E-state index in [2.05, 4.69) is 27.4 Å². The Morgan fingerprint density at radius 1 is 1.36 bits per heavy atom. The Kier molecular flexibility index (Phi) is 6.92. The molecule has 22 heavy (non-hydrogen) atoms. The Balaban J connectivity index is 1.63. The van der Waals surface area contributed by atoms with Gasteiger partial charge in [0.2, 0.25) is 0 Å². The maximum Gasteiger partial charge on any atom is 0.191 e. The van der Waals surface area contributed by atoms with Gasteiger partial charge in [0.15, 0.2) is 5.96 Å². The van der Waals surface area contributed by atoms with Crippen molar-refractivity contribution in [2.45, 2.75) is 32.2 Å². The molecular formula is C16H32N4O2. The van der Waals surface area contributed by atoms with Crippen LogP contribution < -0.4 is 10.6 Å². The molecule has 2 heterocycles. The van der Waals surface area contributed by atoms with Gasteiger partial charge in [-0.2, -0.15) is 0 Å². The lowest BCUT2D eigenvalue weighted by atomic mass is 9.89. The van der Waals surface area contributed by atoms with E-state index in [9.17, 15) is 0 Å². The van der Waals surface area contributed by atoms with Crippen molar-refractivity contribution in [2.75, 3.05) is 60.2 Å². The summed E-state index contributed by atoms with van der Waals surface area (Å²) < 4.78 is 10.4. The highest BCUT2D eigenvalue weighted by Crippen LogP contribution is 2.25. The van der Waals surface area contributed by atoms with E-state index >= 15 is 0 Å². The molecule has 2 fully saturated rings. The number of aliphatic imine (C=N–C) groups is 1. The second kappa shape index (κ2) is 8.70. The highest BCUT2D eigenvalue weighted by Gasteiger charge is 2.33. The quantitative estimate of drug-likeness (QED) is 0.411. The van der Waals surface area contributed by atoms with Crippen molar-refractivity contribution in [1.29, 1.82) is 0 Å². The van der Waals surface area contributed by atoms with Crippen LogP contribution in [0.1, 0.15) is 26.2 Å². The Bertz CT molecular complexity index is 350. The van der Waals surface area contributed by atoms with Gasteiger partial charge in [-0.25, -0.2) is 0 Å². The molecule has 6 nitrogen and oxygen atoms in total. The van der Waals surface area contributed by atoms with Gasteiger partial charge in [-0.05, 0) is 19.3 Å². The first-order valence-corrected chi connectivity index (χ1v) is 8.41. The van der Waals surface area contributed by atoms with Gasteiger partial charge in [-0.15, -0.1) is 0 Å². The van der Waals surface area contributed by atoms with Crippen molar-refractivity contribution in [3.05, 3.63) is 0 Å². The Labute approximate surface area is 134 Å². The summed E-state index contributed by atoms with van der Waals surface area (Å²) in [5.74, 6) is 0.922. The summed E-state index contributed by atoms with van der Waals surface area (Å²) in [5.41, 5.74) is 0.266. The first kappa shape index (κ1) is 17.5. The number of hydrogen-bond donors (Lipinski definition) is 2. The van der Waals surface area contributed by atoms with Crippen molar-refractivity contribution in [3.63, 3.8) is 0 Å². The predicted molar refractivity (Wildman–Crippen MR) is 89.4 cm³/mol. The summed E-state index contributed by atoms with van der Waals surface area (Å²) in [6, 6.07) is 0.523. The molecule has 128 valence electrons. The standard InChI is InChI=1S/C16H32N4O2/c1-16(12-22-13-16)11-18-15(17-2)19-14-5-8-20(9-6-14)7-4-10-21-3/h14H,4-13H2,1-3H3,(H2,17,18,19). The smallest absolute Gasteiger partial charge is 0.191 e. The van der Waals surface area contributed by atoms with E-state index < -0.39 is 0 Å². The van der Waals surface area contributed by atoms with E-state index in [0.29, 0.717) is 6.04 Å². The second-order valence-electron chi connectivity index (χ2n) is 6.84. The normalized spacial score (nSPS) is 23.1. The largest absolute Gasteiger partial charge is 0.385 e. The number of nitrogens with zero attached hydrogens (tertiary/aromatic N) is 2. The van der Waals surface area contributed by atoms with Crippen molar-refractivity contribution in [2.24, 2.45) is 10.4 Å².